The molecule has 1 saturated heterocycles. The molecule has 0 saturated carbocycles. The maximum Gasteiger partial charge on any atom is 0.265 e. The predicted molar refractivity (Wildman–Crippen MR) is 86.4 cm³/mol. The largest absolute Gasteiger partial charge is 0.353 e. The van der Waals surface area contributed by atoms with Crippen molar-refractivity contribution in [1.82, 2.24) is 9.88 Å². The van der Waals surface area contributed by atoms with Crippen molar-refractivity contribution in [2.75, 3.05) is 36.4 Å². The lowest BCUT2D eigenvalue weighted by molar-refractivity contribution is -0.118. The molecule has 0 bridgehead atoms. The predicted octanol–water partition coefficient (Wildman–Crippen LogP) is 1.67. The van der Waals surface area contributed by atoms with Gasteiger partial charge in [-0.1, -0.05) is 6.07 Å². The van der Waals surface area contributed by atoms with Gasteiger partial charge in [-0.15, -0.1) is 11.3 Å². The molecule has 3 heterocycles. The minimum absolute atomic E-state index is 0.121. The summed E-state index contributed by atoms with van der Waals surface area (Å²) in [7, 11) is 0. The monoisotopic (exact) mass is 316 g/mol. The Labute approximate surface area is 132 Å². The SMILES string of the molecule is O=CN1CCN(c2ccc(NC(=O)c3cccs3)cn2)CC1. The number of piperazine rings is 1. The summed E-state index contributed by atoms with van der Waals surface area (Å²) < 4.78 is 0. The van der Waals surface area contributed by atoms with Gasteiger partial charge < -0.3 is 15.1 Å². The van der Waals surface area contributed by atoms with E-state index in [2.05, 4.69) is 15.2 Å². The number of pyridine rings is 1. The van der Waals surface area contributed by atoms with E-state index in [0.29, 0.717) is 23.7 Å². The van der Waals surface area contributed by atoms with E-state index in [4.69, 9.17) is 0 Å². The standard InChI is InChI=1S/C15H16N4O2S/c20-11-18-5-7-19(8-6-18)14-4-3-12(10-16-14)17-15(21)13-2-1-9-22-13/h1-4,9-11H,5-8H2,(H,17,21). The molecule has 7 heteroatoms. The fourth-order valence-electron chi connectivity index (χ4n) is 2.30. The fourth-order valence-corrected chi connectivity index (χ4v) is 2.92. The minimum Gasteiger partial charge on any atom is -0.353 e. The molecular weight excluding hydrogens is 300 g/mol. The molecule has 0 unspecified atom stereocenters. The molecule has 0 aromatic carbocycles. The van der Waals surface area contributed by atoms with Crippen LogP contribution in [0.15, 0.2) is 35.8 Å². The zero-order valence-electron chi connectivity index (χ0n) is 11.9. The van der Waals surface area contributed by atoms with Crippen molar-refractivity contribution in [3.8, 4) is 0 Å². The van der Waals surface area contributed by atoms with Crippen LogP contribution in [0, 0.1) is 0 Å². The van der Waals surface area contributed by atoms with Crippen molar-refractivity contribution in [3.05, 3.63) is 40.7 Å². The normalized spacial score (nSPS) is 14.7. The molecule has 1 N–H and O–H groups in total. The number of carbonyl (C=O) groups is 2. The molecule has 22 heavy (non-hydrogen) atoms. The summed E-state index contributed by atoms with van der Waals surface area (Å²) in [4.78, 5) is 31.6. The smallest absolute Gasteiger partial charge is 0.265 e. The van der Waals surface area contributed by atoms with Crippen LogP contribution in [0.5, 0.6) is 0 Å². The highest BCUT2D eigenvalue weighted by molar-refractivity contribution is 7.12. The summed E-state index contributed by atoms with van der Waals surface area (Å²) in [6.07, 6.45) is 2.54. The first kappa shape index (κ1) is 14.5. The molecule has 1 aliphatic rings. The van der Waals surface area contributed by atoms with Crippen molar-refractivity contribution in [2.45, 2.75) is 0 Å². The van der Waals surface area contributed by atoms with E-state index in [1.165, 1.54) is 11.3 Å². The highest BCUT2D eigenvalue weighted by Crippen LogP contribution is 2.17. The van der Waals surface area contributed by atoms with E-state index in [1.54, 1.807) is 17.2 Å². The Morgan fingerprint density at radius 2 is 2.05 bits per heavy atom. The Hall–Kier alpha value is -2.41. The third-order valence-corrected chi connectivity index (χ3v) is 4.41. The zero-order chi connectivity index (χ0) is 15.4. The molecule has 0 atom stereocenters. The van der Waals surface area contributed by atoms with Gasteiger partial charge in [0.1, 0.15) is 5.82 Å². The number of thiophene rings is 1. The number of aromatic nitrogens is 1. The number of hydrogen-bond acceptors (Lipinski definition) is 5. The molecule has 1 aliphatic heterocycles. The topological polar surface area (TPSA) is 65.5 Å². The van der Waals surface area contributed by atoms with Crippen LogP contribution in [0.1, 0.15) is 9.67 Å². The maximum atomic E-state index is 12.0. The molecular formula is C15H16N4O2S. The Morgan fingerprint density at radius 1 is 1.23 bits per heavy atom. The zero-order valence-corrected chi connectivity index (χ0v) is 12.8. The van der Waals surface area contributed by atoms with Gasteiger partial charge in [0.2, 0.25) is 6.41 Å². The number of anilines is 2. The van der Waals surface area contributed by atoms with Crippen LogP contribution >= 0.6 is 11.3 Å². The second-order valence-electron chi connectivity index (χ2n) is 4.96. The van der Waals surface area contributed by atoms with E-state index in [1.807, 2.05) is 23.6 Å². The van der Waals surface area contributed by atoms with Gasteiger partial charge in [0.15, 0.2) is 0 Å². The Morgan fingerprint density at radius 3 is 2.64 bits per heavy atom. The number of carbonyl (C=O) groups excluding carboxylic acids is 2. The molecule has 3 rings (SSSR count). The molecule has 2 aromatic rings. The van der Waals surface area contributed by atoms with Gasteiger partial charge in [-0.05, 0) is 23.6 Å². The van der Waals surface area contributed by atoms with Crippen LogP contribution in [0.25, 0.3) is 0 Å². The van der Waals surface area contributed by atoms with Crippen LogP contribution in [0.4, 0.5) is 11.5 Å². The Balaban J connectivity index is 1.61. The first-order valence-corrected chi connectivity index (χ1v) is 7.89. The minimum atomic E-state index is -0.121. The number of rotatable bonds is 4. The molecule has 1 fully saturated rings. The van der Waals surface area contributed by atoms with E-state index in [9.17, 15) is 9.59 Å². The molecule has 2 aromatic heterocycles. The average Bonchev–Trinajstić information content (AvgIpc) is 3.10. The van der Waals surface area contributed by atoms with Gasteiger partial charge in [-0.3, -0.25) is 9.59 Å². The van der Waals surface area contributed by atoms with Crippen LogP contribution in [0.2, 0.25) is 0 Å². The van der Waals surface area contributed by atoms with Crippen LogP contribution < -0.4 is 10.2 Å². The molecule has 0 aliphatic carbocycles. The molecule has 2 amide bonds. The summed E-state index contributed by atoms with van der Waals surface area (Å²) in [5.74, 6) is 0.740. The second kappa shape index (κ2) is 6.57. The lowest BCUT2D eigenvalue weighted by atomic mass is 10.3. The number of nitrogens with one attached hydrogen (secondary N) is 1. The van der Waals surface area contributed by atoms with E-state index < -0.39 is 0 Å². The van der Waals surface area contributed by atoms with Crippen molar-refractivity contribution in [2.24, 2.45) is 0 Å². The first-order valence-electron chi connectivity index (χ1n) is 7.01. The van der Waals surface area contributed by atoms with E-state index in [-0.39, 0.29) is 5.91 Å². The summed E-state index contributed by atoms with van der Waals surface area (Å²) in [5, 5.41) is 4.70. The molecule has 0 radical (unpaired) electrons. The highest BCUT2D eigenvalue weighted by atomic mass is 32.1. The lowest BCUT2D eigenvalue weighted by Crippen LogP contribution is -2.46. The van der Waals surface area contributed by atoms with Gasteiger partial charge in [0.25, 0.3) is 5.91 Å². The van der Waals surface area contributed by atoms with Gasteiger partial charge in [-0.25, -0.2) is 4.98 Å². The highest BCUT2D eigenvalue weighted by Gasteiger charge is 2.16. The number of amides is 2. The lowest BCUT2D eigenvalue weighted by Gasteiger charge is -2.33. The van der Waals surface area contributed by atoms with Gasteiger partial charge in [0, 0.05) is 26.2 Å². The summed E-state index contributed by atoms with van der Waals surface area (Å²) in [6.45, 7) is 2.96. The first-order chi connectivity index (χ1) is 10.8. The van der Waals surface area contributed by atoms with Gasteiger partial charge in [0.05, 0.1) is 16.8 Å². The number of nitrogens with zero attached hydrogens (tertiary/aromatic N) is 3. The van der Waals surface area contributed by atoms with E-state index in [0.717, 1.165) is 25.3 Å². The van der Waals surface area contributed by atoms with Crippen molar-refractivity contribution in [1.29, 1.82) is 0 Å². The molecule has 6 nitrogen and oxygen atoms in total. The van der Waals surface area contributed by atoms with Crippen LogP contribution in [0.3, 0.4) is 0 Å². The summed E-state index contributed by atoms with van der Waals surface area (Å²) in [5.41, 5.74) is 0.675. The summed E-state index contributed by atoms with van der Waals surface area (Å²) >= 11 is 1.40. The number of hydrogen-bond donors (Lipinski definition) is 1. The van der Waals surface area contributed by atoms with Crippen LogP contribution in [-0.2, 0) is 4.79 Å². The van der Waals surface area contributed by atoms with Gasteiger partial charge >= 0.3 is 0 Å². The molecule has 0 spiro atoms. The van der Waals surface area contributed by atoms with Gasteiger partial charge in [-0.2, -0.15) is 0 Å². The Kier molecular flexibility index (Phi) is 4.34. The maximum absolute atomic E-state index is 12.0. The fraction of sp³-hybridized carbons (Fsp3) is 0.267. The van der Waals surface area contributed by atoms with Crippen molar-refractivity contribution >= 4 is 35.2 Å². The summed E-state index contributed by atoms with van der Waals surface area (Å²) in [6, 6.07) is 7.37. The van der Waals surface area contributed by atoms with Crippen molar-refractivity contribution < 1.29 is 9.59 Å². The van der Waals surface area contributed by atoms with Crippen molar-refractivity contribution in [3.63, 3.8) is 0 Å². The average molecular weight is 316 g/mol. The molecule has 114 valence electrons. The van der Waals surface area contributed by atoms with E-state index >= 15 is 0 Å². The second-order valence-corrected chi connectivity index (χ2v) is 5.91. The van der Waals surface area contributed by atoms with Crippen LogP contribution in [-0.4, -0.2) is 48.4 Å². The third-order valence-electron chi connectivity index (χ3n) is 3.54. The third kappa shape index (κ3) is 3.25. The Bertz CT molecular complexity index is 634. The quantitative estimate of drug-likeness (QED) is 0.872.